The number of phosphoric acid groups is 1. The lowest BCUT2D eigenvalue weighted by Gasteiger charge is -2.24. The molecular weight excluding hydrogens is 1290 g/mol. The molecule has 0 spiro atoms. The summed E-state index contributed by atoms with van der Waals surface area (Å²) in [6.45, 7) is 4.40. The molecule has 0 radical (unpaired) electrons. The second kappa shape index (κ2) is 83.5. The molecule has 0 aromatic carbocycles. The zero-order valence-electron chi connectivity index (χ0n) is 69.3. The largest absolute Gasteiger partial charge is 0.472 e. The fourth-order valence-corrected chi connectivity index (χ4v) is 14.4. The summed E-state index contributed by atoms with van der Waals surface area (Å²) in [5.74, 6) is -0.772. The monoisotopic (exact) mass is 1470 g/mol. The van der Waals surface area contributed by atoms with Gasteiger partial charge >= 0.3 is 19.8 Å². The van der Waals surface area contributed by atoms with Crippen LogP contribution in [0.25, 0.3) is 0 Å². The van der Waals surface area contributed by atoms with Gasteiger partial charge in [-0.15, -0.1) is 0 Å². The third-order valence-corrected chi connectivity index (χ3v) is 21.5. The van der Waals surface area contributed by atoms with E-state index in [4.69, 9.17) is 18.5 Å². The highest BCUT2D eigenvalue weighted by molar-refractivity contribution is 7.47. The molecule has 0 saturated carbocycles. The van der Waals surface area contributed by atoms with Gasteiger partial charge in [-0.1, -0.05) is 453 Å². The number of rotatable bonds is 85. The molecule has 1 N–H and O–H groups in total. The quantitative estimate of drug-likeness (QED) is 0.0211. The Kier molecular flexibility index (Phi) is 81.4. The average molecular weight is 1470 g/mol. The van der Waals surface area contributed by atoms with Crippen molar-refractivity contribution in [1.82, 2.24) is 0 Å². The number of allylic oxidation sites excluding steroid dienone is 12. The highest BCUT2D eigenvalue weighted by atomic mass is 31.2. The van der Waals surface area contributed by atoms with Crippen LogP contribution in [0.5, 0.6) is 0 Å². The number of phosphoric ester groups is 1. The molecule has 0 aromatic rings. The summed E-state index contributed by atoms with van der Waals surface area (Å²) < 4.78 is 34.9. The van der Waals surface area contributed by atoms with E-state index in [9.17, 15) is 19.0 Å². The van der Waals surface area contributed by atoms with Crippen molar-refractivity contribution in [2.75, 3.05) is 47.5 Å². The van der Waals surface area contributed by atoms with Gasteiger partial charge in [-0.05, 0) is 64.2 Å². The van der Waals surface area contributed by atoms with Crippen LogP contribution in [0.3, 0.4) is 0 Å². The number of ether oxygens (including phenoxy) is 2. The molecule has 0 rings (SSSR count). The topological polar surface area (TPSA) is 108 Å². The summed E-state index contributed by atoms with van der Waals surface area (Å²) in [5.41, 5.74) is 0. The Labute approximate surface area is 641 Å². The number of likely N-dealkylation sites (N-methyl/N-ethyl adjacent to an activating group) is 1. The highest BCUT2D eigenvalue weighted by Gasteiger charge is 2.27. The summed E-state index contributed by atoms with van der Waals surface area (Å²) in [5, 5.41) is 0. The van der Waals surface area contributed by atoms with Crippen LogP contribution in [0.4, 0.5) is 0 Å². The normalized spacial score (nSPS) is 13.3. The maximum atomic E-state index is 12.9. The molecule has 604 valence electrons. The van der Waals surface area contributed by atoms with Gasteiger partial charge in [-0.2, -0.15) is 0 Å². The third kappa shape index (κ3) is 88.2. The van der Waals surface area contributed by atoms with Crippen LogP contribution in [-0.4, -0.2) is 74.9 Å². The first-order valence-corrected chi connectivity index (χ1v) is 46.7. The molecule has 9 nitrogen and oxygen atoms in total. The van der Waals surface area contributed by atoms with E-state index in [0.29, 0.717) is 23.9 Å². The summed E-state index contributed by atoms with van der Waals surface area (Å²) in [6.07, 6.45) is 115. The smallest absolute Gasteiger partial charge is 0.462 e. The van der Waals surface area contributed by atoms with Crippen LogP contribution < -0.4 is 0 Å². The van der Waals surface area contributed by atoms with Crippen LogP contribution in [0.15, 0.2) is 72.9 Å². The second-order valence-electron chi connectivity index (χ2n) is 32.0. The Morgan fingerprint density at radius 3 is 0.825 bits per heavy atom. The first-order chi connectivity index (χ1) is 50.5. The summed E-state index contributed by atoms with van der Waals surface area (Å²) >= 11 is 0. The zero-order valence-corrected chi connectivity index (χ0v) is 70.2. The zero-order chi connectivity index (χ0) is 74.7. The summed E-state index contributed by atoms with van der Waals surface area (Å²) in [7, 11) is 1.50. The number of nitrogens with zero attached hydrogens (tertiary/aromatic N) is 1. The molecule has 0 bridgehead atoms. The van der Waals surface area contributed by atoms with Crippen molar-refractivity contribution in [3.63, 3.8) is 0 Å². The second-order valence-corrected chi connectivity index (χ2v) is 33.4. The summed E-state index contributed by atoms with van der Waals surface area (Å²) in [4.78, 5) is 36.1. The molecule has 0 saturated heterocycles. The van der Waals surface area contributed by atoms with E-state index in [1.54, 1.807) is 0 Å². The van der Waals surface area contributed by atoms with Gasteiger partial charge in [0.1, 0.15) is 19.8 Å². The molecule has 0 amide bonds. The number of hydrogen-bond acceptors (Lipinski definition) is 7. The Bertz CT molecular complexity index is 1970. The standard InChI is InChI=1S/C93H174NO8P/c1-6-8-10-12-14-16-18-20-22-24-26-28-30-32-34-36-38-40-42-44-46-48-49-51-53-55-57-59-61-63-65-67-69-71-73-75-77-79-81-83-85-92(95)99-89-91(90-101-103(97,98)100-88-87-94(3,4)5)102-93(96)86-84-82-80-78-76-74-72-70-68-66-64-62-60-58-56-54-52-50-47-45-43-41-39-37-35-33-31-29-27-25-23-21-19-17-15-13-11-9-7-2/h9,11,15,17,21,23,27,29,33,35,39,41,91H,6-8,10,12-14,16,18-20,22,24-26,28,30-32,34,36-38,40,42-90H2,1-5H3/p+1/b11-9-,17-15-,23-21-,29-27-,35-33-,41-39-. The number of esters is 2. The predicted molar refractivity (Wildman–Crippen MR) is 450 cm³/mol. The SMILES string of the molecule is CC/C=C\C/C=C\C/C=C\C/C=C\C/C=C\C/C=C\CCCCCCCCCCCCCCCCCCCCCCC(=O)OC(COC(=O)CCCCCCCCCCCCCCCCCCCCCCCCCCCCCCCCCCCCCCCCCC)COP(=O)(O)OCC[N+](C)(C)C. The Morgan fingerprint density at radius 2 is 0.553 bits per heavy atom. The van der Waals surface area contributed by atoms with Gasteiger partial charge in [0.25, 0.3) is 0 Å². The lowest BCUT2D eigenvalue weighted by molar-refractivity contribution is -0.870. The van der Waals surface area contributed by atoms with E-state index in [-0.39, 0.29) is 25.6 Å². The van der Waals surface area contributed by atoms with Gasteiger partial charge in [-0.25, -0.2) is 4.57 Å². The molecule has 0 fully saturated rings. The Hall–Kier alpha value is -2.55. The first-order valence-electron chi connectivity index (χ1n) is 45.2. The third-order valence-electron chi connectivity index (χ3n) is 20.5. The molecular formula is C93H175NO8P+. The first kappa shape index (κ1) is 100. The van der Waals surface area contributed by atoms with Crippen LogP contribution >= 0.6 is 7.82 Å². The Balaban J connectivity index is 3.85. The van der Waals surface area contributed by atoms with Crippen LogP contribution in [-0.2, 0) is 32.7 Å². The van der Waals surface area contributed by atoms with Gasteiger partial charge in [0, 0.05) is 12.8 Å². The highest BCUT2D eigenvalue weighted by Crippen LogP contribution is 2.43. The number of carbonyl (C=O) groups excluding carboxylic acids is 2. The van der Waals surface area contributed by atoms with E-state index in [1.807, 2.05) is 21.1 Å². The molecule has 0 aliphatic carbocycles. The van der Waals surface area contributed by atoms with E-state index in [1.165, 1.54) is 353 Å². The van der Waals surface area contributed by atoms with Crippen molar-refractivity contribution >= 4 is 19.8 Å². The van der Waals surface area contributed by atoms with Gasteiger partial charge in [0.15, 0.2) is 6.10 Å². The molecule has 0 aromatic heterocycles. The lowest BCUT2D eigenvalue weighted by atomic mass is 10.0. The molecule has 0 aliphatic heterocycles. The van der Waals surface area contributed by atoms with Crippen molar-refractivity contribution in [3.8, 4) is 0 Å². The average Bonchev–Trinajstić information content (AvgIpc) is 1.01. The minimum absolute atomic E-state index is 0.0338. The van der Waals surface area contributed by atoms with E-state index in [0.717, 1.165) is 70.6 Å². The molecule has 2 atom stereocenters. The van der Waals surface area contributed by atoms with E-state index < -0.39 is 26.5 Å². The van der Waals surface area contributed by atoms with Crippen LogP contribution in [0.1, 0.15) is 457 Å². The van der Waals surface area contributed by atoms with Crippen LogP contribution in [0.2, 0.25) is 0 Å². The molecule has 2 unspecified atom stereocenters. The minimum atomic E-state index is -4.40. The minimum Gasteiger partial charge on any atom is -0.462 e. The molecule has 0 heterocycles. The van der Waals surface area contributed by atoms with Gasteiger partial charge in [-0.3, -0.25) is 18.6 Å². The maximum absolute atomic E-state index is 12.9. The van der Waals surface area contributed by atoms with Gasteiger partial charge < -0.3 is 18.9 Å². The fraction of sp³-hybridized carbons (Fsp3) is 0.849. The maximum Gasteiger partial charge on any atom is 0.472 e. The van der Waals surface area contributed by atoms with Gasteiger partial charge in [0.2, 0.25) is 0 Å². The van der Waals surface area contributed by atoms with Crippen molar-refractivity contribution in [1.29, 1.82) is 0 Å². The fourth-order valence-electron chi connectivity index (χ4n) is 13.7. The van der Waals surface area contributed by atoms with Crippen molar-refractivity contribution in [2.45, 2.75) is 463 Å². The number of hydrogen-bond donors (Lipinski definition) is 1. The molecule has 0 aliphatic rings. The predicted octanol–water partition coefficient (Wildman–Crippen LogP) is 30.6. The lowest BCUT2D eigenvalue weighted by Crippen LogP contribution is -2.37. The number of quaternary nitrogens is 1. The van der Waals surface area contributed by atoms with Crippen molar-refractivity contribution < 1.29 is 42.1 Å². The number of carbonyl (C=O) groups is 2. The van der Waals surface area contributed by atoms with E-state index >= 15 is 0 Å². The van der Waals surface area contributed by atoms with Gasteiger partial charge in [0.05, 0.1) is 27.7 Å². The Morgan fingerprint density at radius 1 is 0.311 bits per heavy atom. The summed E-state index contributed by atoms with van der Waals surface area (Å²) in [6, 6.07) is 0. The van der Waals surface area contributed by atoms with E-state index in [2.05, 4.69) is 86.8 Å². The molecule has 103 heavy (non-hydrogen) atoms. The molecule has 10 heteroatoms. The number of unbranched alkanes of at least 4 members (excludes halogenated alkanes) is 59. The van der Waals surface area contributed by atoms with Crippen molar-refractivity contribution in [2.24, 2.45) is 0 Å². The van der Waals surface area contributed by atoms with Crippen LogP contribution in [0, 0.1) is 0 Å². The van der Waals surface area contributed by atoms with Crippen molar-refractivity contribution in [3.05, 3.63) is 72.9 Å².